The molecule has 2 aromatic rings. The molecule has 1 aromatic carbocycles. The second-order valence-electron chi connectivity index (χ2n) is 2.90. The Morgan fingerprint density at radius 1 is 1.40 bits per heavy atom. The lowest BCUT2D eigenvalue weighted by molar-refractivity contribution is 0.542. The van der Waals surface area contributed by atoms with Gasteiger partial charge in [-0.05, 0) is 17.7 Å². The Bertz CT molecular complexity index is 470. The van der Waals surface area contributed by atoms with Crippen LogP contribution in [0, 0.1) is 0 Å². The van der Waals surface area contributed by atoms with Gasteiger partial charge in [-0.25, -0.2) is 0 Å². The molecule has 0 radical (unpaired) electrons. The van der Waals surface area contributed by atoms with Gasteiger partial charge in [0.1, 0.15) is 0 Å². The normalized spacial score (nSPS) is 12.3. The maximum atomic E-state index is 10.4. The molecule has 15 heavy (non-hydrogen) atoms. The van der Waals surface area contributed by atoms with E-state index in [0.29, 0.717) is 5.69 Å². The van der Waals surface area contributed by atoms with Gasteiger partial charge in [0, 0.05) is 28.7 Å². The Morgan fingerprint density at radius 3 is 2.93 bits per heavy atom. The van der Waals surface area contributed by atoms with Gasteiger partial charge in [-0.3, -0.25) is 9.31 Å². The molecule has 1 atom stereocenters. The molecular weight excluding hydrogens is 214 g/mol. The number of anilines is 1. The predicted octanol–water partition coefficient (Wildman–Crippen LogP) is 1.28. The highest BCUT2D eigenvalue weighted by atomic mass is 32.2. The van der Waals surface area contributed by atoms with Crippen LogP contribution in [0.15, 0.2) is 36.7 Å². The van der Waals surface area contributed by atoms with E-state index in [1.165, 1.54) is 0 Å². The van der Waals surface area contributed by atoms with Crippen molar-refractivity contribution in [2.45, 2.75) is 0 Å². The van der Waals surface area contributed by atoms with E-state index >= 15 is 0 Å². The summed E-state index contributed by atoms with van der Waals surface area (Å²) in [5, 5.41) is 6.52. The summed E-state index contributed by atoms with van der Waals surface area (Å²) in [5.74, 6) is 0. The first-order valence-electron chi connectivity index (χ1n) is 4.21. The highest BCUT2D eigenvalue weighted by Gasteiger charge is 1.99. The van der Waals surface area contributed by atoms with Crippen molar-refractivity contribution in [2.75, 3.05) is 4.72 Å². The zero-order valence-corrected chi connectivity index (χ0v) is 8.45. The smallest absolute Gasteiger partial charge is 0.0565 e. The maximum Gasteiger partial charge on any atom is 0.0565 e. The van der Waals surface area contributed by atoms with Crippen LogP contribution in [-0.4, -0.2) is 19.0 Å². The number of aromatic nitrogens is 2. The van der Waals surface area contributed by atoms with E-state index in [4.69, 9.17) is 0 Å². The van der Waals surface area contributed by atoms with Gasteiger partial charge in [0.05, 0.1) is 6.20 Å². The van der Waals surface area contributed by atoms with Crippen molar-refractivity contribution in [3.63, 3.8) is 0 Å². The molecule has 0 saturated heterocycles. The molecule has 0 saturated carbocycles. The lowest BCUT2D eigenvalue weighted by Gasteiger charge is -2.09. The molecule has 1 heterocycles. The second-order valence-corrected chi connectivity index (χ2v) is 3.58. The molecule has 2 N–H and O–H groups in total. The van der Waals surface area contributed by atoms with Gasteiger partial charge in [0.25, 0.3) is 0 Å². The molecule has 1 aromatic heterocycles. The molecule has 0 spiro atoms. The van der Waals surface area contributed by atoms with E-state index < -0.39 is 11.3 Å². The first-order chi connectivity index (χ1) is 7.25. The Labute approximate surface area is 88.9 Å². The molecule has 78 valence electrons. The van der Waals surface area contributed by atoms with Crippen LogP contribution in [0.5, 0.6) is 0 Å². The SMILES string of the molecule is O=S([O-])Nc1cccc(-c2cn[nH]c2)c1. The zero-order chi connectivity index (χ0) is 10.7. The summed E-state index contributed by atoms with van der Waals surface area (Å²) >= 11 is -2.30. The summed E-state index contributed by atoms with van der Waals surface area (Å²) < 4.78 is 23.2. The van der Waals surface area contributed by atoms with Crippen LogP contribution in [0.2, 0.25) is 0 Å². The Morgan fingerprint density at radius 2 is 2.27 bits per heavy atom. The van der Waals surface area contributed by atoms with Crippen LogP contribution in [0.4, 0.5) is 5.69 Å². The fourth-order valence-electron chi connectivity index (χ4n) is 1.27. The van der Waals surface area contributed by atoms with Crippen LogP contribution < -0.4 is 4.72 Å². The lowest BCUT2D eigenvalue weighted by Crippen LogP contribution is -2.01. The summed E-state index contributed by atoms with van der Waals surface area (Å²) in [6, 6.07) is 7.07. The molecule has 0 bridgehead atoms. The van der Waals surface area contributed by atoms with Gasteiger partial charge >= 0.3 is 0 Å². The molecule has 2 rings (SSSR count). The average molecular weight is 222 g/mol. The summed E-state index contributed by atoms with van der Waals surface area (Å²) in [7, 11) is 0. The van der Waals surface area contributed by atoms with Crippen molar-refractivity contribution in [2.24, 2.45) is 0 Å². The van der Waals surface area contributed by atoms with Crippen molar-refractivity contribution in [1.82, 2.24) is 10.2 Å². The first-order valence-corrected chi connectivity index (χ1v) is 5.28. The van der Waals surface area contributed by atoms with E-state index in [2.05, 4.69) is 14.9 Å². The molecule has 0 aliphatic rings. The Kier molecular flexibility index (Phi) is 2.79. The highest BCUT2D eigenvalue weighted by molar-refractivity contribution is 7.80. The van der Waals surface area contributed by atoms with Crippen molar-refractivity contribution < 1.29 is 8.76 Å². The number of benzene rings is 1. The van der Waals surface area contributed by atoms with Crippen LogP contribution in [0.1, 0.15) is 0 Å². The van der Waals surface area contributed by atoms with E-state index in [-0.39, 0.29) is 0 Å². The third kappa shape index (κ3) is 2.42. The number of aromatic amines is 1. The van der Waals surface area contributed by atoms with Gasteiger partial charge in [0.15, 0.2) is 0 Å². The van der Waals surface area contributed by atoms with Crippen molar-refractivity contribution in [1.29, 1.82) is 0 Å². The van der Waals surface area contributed by atoms with Gasteiger partial charge in [-0.2, -0.15) is 5.10 Å². The number of nitrogens with zero attached hydrogens (tertiary/aromatic N) is 1. The molecule has 1 unspecified atom stereocenters. The first kappa shape index (κ1) is 9.88. The predicted molar refractivity (Wildman–Crippen MR) is 56.6 cm³/mol. The maximum absolute atomic E-state index is 10.4. The fraction of sp³-hybridized carbons (Fsp3) is 0. The van der Waals surface area contributed by atoms with Crippen LogP contribution in [0.3, 0.4) is 0 Å². The van der Waals surface area contributed by atoms with Gasteiger partial charge in [-0.1, -0.05) is 12.1 Å². The quantitative estimate of drug-likeness (QED) is 0.767. The van der Waals surface area contributed by atoms with Gasteiger partial charge in [0.2, 0.25) is 0 Å². The van der Waals surface area contributed by atoms with E-state index in [1.807, 2.05) is 6.07 Å². The number of rotatable bonds is 3. The molecular formula is C9H8N3O2S-. The zero-order valence-electron chi connectivity index (χ0n) is 7.64. The number of hydrogen-bond acceptors (Lipinski definition) is 3. The standard InChI is InChI=1S/C9H9N3O2S/c13-15(14)12-9-3-1-2-7(4-9)8-5-10-11-6-8/h1-6,12H,(H,10,11)(H,13,14)/p-1. The largest absolute Gasteiger partial charge is 0.755 e. The monoisotopic (exact) mass is 222 g/mol. The van der Waals surface area contributed by atoms with Crippen molar-refractivity contribution in [3.05, 3.63) is 36.7 Å². The second kappa shape index (κ2) is 4.24. The summed E-state index contributed by atoms with van der Waals surface area (Å²) in [6.45, 7) is 0. The molecule has 0 aliphatic carbocycles. The van der Waals surface area contributed by atoms with Gasteiger partial charge in [-0.15, -0.1) is 0 Å². The minimum absolute atomic E-state index is 0.530. The third-order valence-corrected chi connectivity index (χ3v) is 2.30. The third-order valence-electron chi connectivity index (χ3n) is 1.90. The summed E-state index contributed by atoms with van der Waals surface area (Å²) in [6.07, 6.45) is 3.42. The molecule has 0 fully saturated rings. The van der Waals surface area contributed by atoms with E-state index in [0.717, 1.165) is 11.1 Å². The summed E-state index contributed by atoms with van der Waals surface area (Å²) in [5.41, 5.74) is 2.34. The Balaban J connectivity index is 2.31. The molecule has 0 amide bonds. The summed E-state index contributed by atoms with van der Waals surface area (Å²) in [4.78, 5) is 0. The van der Waals surface area contributed by atoms with Crippen molar-refractivity contribution >= 4 is 17.0 Å². The fourth-order valence-corrected chi connectivity index (χ4v) is 1.59. The highest BCUT2D eigenvalue weighted by Crippen LogP contribution is 2.21. The number of nitrogens with one attached hydrogen (secondary N) is 2. The van der Waals surface area contributed by atoms with Gasteiger partial charge < -0.3 is 9.27 Å². The lowest BCUT2D eigenvalue weighted by atomic mass is 10.1. The van der Waals surface area contributed by atoms with Crippen LogP contribution in [-0.2, 0) is 11.3 Å². The molecule has 5 nitrogen and oxygen atoms in total. The van der Waals surface area contributed by atoms with E-state index in [9.17, 15) is 8.76 Å². The Hall–Kier alpha value is -1.66. The topological polar surface area (TPSA) is 80.8 Å². The van der Waals surface area contributed by atoms with E-state index in [1.54, 1.807) is 30.6 Å². The number of hydrogen-bond donors (Lipinski definition) is 2. The number of H-pyrrole nitrogens is 1. The minimum Gasteiger partial charge on any atom is -0.755 e. The molecule has 0 aliphatic heterocycles. The van der Waals surface area contributed by atoms with Crippen LogP contribution in [0.25, 0.3) is 11.1 Å². The minimum atomic E-state index is -2.30. The average Bonchev–Trinajstić information content (AvgIpc) is 2.69. The van der Waals surface area contributed by atoms with Crippen LogP contribution >= 0.6 is 0 Å². The van der Waals surface area contributed by atoms with Crippen molar-refractivity contribution in [3.8, 4) is 11.1 Å². The molecule has 6 heteroatoms.